The van der Waals surface area contributed by atoms with Crippen LogP contribution in [0.2, 0.25) is 0 Å². The van der Waals surface area contributed by atoms with Gasteiger partial charge in [0, 0.05) is 26.1 Å². The molecule has 6 nitrogen and oxygen atoms in total. The van der Waals surface area contributed by atoms with Crippen molar-refractivity contribution in [3.63, 3.8) is 0 Å². The summed E-state index contributed by atoms with van der Waals surface area (Å²) in [5.41, 5.74) is 2.46. The molecule has 1 fully saturated rings. The molecular weight excluding hydrogens is 328 g/mol. The van der Waals surface area contributed by atoms with Gasteiger partial charge in [-0.25, -0.2) is 13.1 Å². The lowest BCUT2D eigenvalue weighted by Gasteiger charge is -2.31. The van der Waals surface area contributed by atoms with Gasteiger partial charge in [-0.2, -0.15) is 0 Å². The van der Waals surface area contributed by atoms with Crippen molar-refractivity contribution in [3.05, 3.63) is 28.8 Å². The number of rotatable bonds is 5. The van der Waals surface area contributed by atoms with Crippen LogP contribution < -0.4 is 4.72 Å². The van der Waals surface area contributed by atoms with E-state index in [9.17, 15) is 13.2 Å². The summed E-state index contributed by atoms with van der Waals surface area (Å²) in [7, 11) is -3.62. The first kappa shape index (κ1) is 18.9. The molecule has 0 radical (unpaired) electrons. The van der Waals surface area contributed by atoms with Gasteiger partial charge in [-0.05, 0) is 38.8 Å². The van der Waals surface area contributed by atoms with Gasteiger partial charge in [-0.15, -0.1) is 0 Å². The molecule has 24 heavy (non-hydrogen) atoms. The Morgan fingerprint density at radius 3 is 2.50 bits per heavy atom. The highest BCUT2D eigenvalue weighted by atomic mass is 32.2. The van der Waals surface area contributed by atoms with E-state index in [2.05, 4.69) is 4.72 Å². The van der Waals surface area contributed by atoms with Crippen molar-refractivity contribution in [3.8, 4) is 0 Å². The zero-order valence-electron chi connectivity index (χ0n) is 14.8. The molecule has 1 unspecified atom stereocenters. The second-order valence-electron chi connectivity index (χ2n) is 6.40. The molecule has 1 aromatic rings. The van der Waals surface area contributed by atoms with Crippen LogP contribution in [0.4, 0.5) is 0 Å². The van der Waals surface area contributed by atoms with Crippen molar-refractivity contribution >= 4 is 15.9 Å². The lowest BCUT2D eigenvalue weighted by Crippen LogP contribution is -2.45. The Bertz CT molecular complexity index is 692. The van der Waals surface area contributed by atoms with Gasteiger partial charge in [0.05, 0.1) is 17.6 Å². The highest BCUT2D eigenvalue weighted by Gasteiger charge is 2.23. The number of hydrogen-bond acceptors (Lipinski definition) is 4. The average Bonchev–Trinajstić information content (AvgIpc) is 2.45. The highest BCUT2D eigenvalue weighted by molar-refractivity contribution is 7.89. The number of nitrogens with zero attached hydrogens (tertiary/aromatic N) is 1. The molecule has 1 amide bonds. The summed E-state index contributed by atoms with van der Waals surface area (Å²) >= 11 is 0. The fraction of sp³-hybridized carbons (Fsp3) is 0.588. The van der Waals surface area contributed by atoms with E-state index in [4.69, 9.17) is 4.74 Å². The SMILES string of the molecule is Cc1cc(C)c(S(=O)(=O)NCCC(=O)N2CCOC(C)C2)c(C)c1. The number of sulfonamides is 1. The Kier molecular flexibility index (Phi) is 6.01. The molecule has 1 aliphatic heterocycles. The first-order valence-electron chi connectivity index (χ1n) is 8.17. The predicted octanol–water partition coefficient (Wildman–Crippen LogP) is 1.53. The number of amides is 1. The molecule has 0 spiro atoms. The minimum Gasteiger partial charge on any atom is -0.375 e. The molecule has 1 heterocycles. The Morgan fingerprint density at radius 1 is 1.29 bits per heavy atom. The van der Waals surface area contributed by atoms with Crippen molar-refractivity contribution in [2.24, 2.45) is 0 Å². The van der Waals surface area contributed by atoms with Crippen LogP contribution in [0.1, 0.15) is 30.0 Å². The zero-order chi connectivity index (χ0) is 17.9. The maximum atomic E-state index is 12.5. The van der Waals surface area contributed by atoms with Crippen molar-refractivity contribution in [2.45, 2.75) is 45.1 Å². The van der Waals surface area contributed by atoms with Gasteiger partial charge in [0.25, 0.3) is 0 Å². The summed E-state index contributed by atoms with van der Waals surface area (Å²) < 4.78 is 33.0. The number of benzene rings is 1. The quantitative estimate of drug-likeness (QED) is 0.870. The van der Waals surface area contributed by atoms with Crippen LogP contribution in [0.25, 0.3) is 0 Å². The topological polar surface area (TPSA) is 75.7 Å². The van der Waals surface area contributed by atoms with E-state index in [1.54, 1.807) is 18.7 Å². The van der Waals surface area contributed by atoms with Crippen LogP contribution in [0, 0.1) is 20.8 Å². The largest absolute Gasteiger partial charge is 0.375 e. The van der Waals surface area contributed by atoms with E-state index < -0.39 is 10.0 Å². The first-order chi connectivity index (χ1) is 11.2. The Morgan fingerprint density at radius 2 is 1.92 bits per heavy atom. The Balaban J connectivity index is 1.97. The summed E-state index contributed by atoms with van der Waals surface area (Å²) in [5.74, 6) is -0.0507. The standard InChI is InChI=1S/C17H26N2O4S/c1-12-9-13(2)17(14(3)10-12)24(21,22)18-6-5-16(20)19-7-8-23-15(4)11-19/h9-10,15,18H,5-8,11H2,1-4H3. The number of carbonyl (C=O) groups excluding carboxylic acids is 1. The van der Waals surface area contributed by atoms with Gasteiger partial charge in [0.15, 0.2) is 0 Å². The van der Waals surface area contributed by atoms with Crippen LogP contribution in [-0.2, 0) is 19.6 Å². The number of morpholine rings is 1. The molecule has 0 saturated carbocycles. The summed E-state index contributed by atoms with van der Waals surface area (Å²) in [5, 5.41) is 0. The molecule has 1 saturated heterocycles. The predicted molar refractivity (Wildman–Crippen MR) is 92.5 cm³/mol. The van der Waals surface area contributed by atoms with Gasteiger partial charge in [0.2, 0.25) is 15.9 Å². The van der Waals surface area contributed by atoms with Crippen molar-refractivity contribution in [1.82, 2.24) is 9.62 Å². The lowest BCUT2D eigenvalue weighted by molar-refractivity contribution is -0.137. The fourth-order valence-electron chi connectivity index (χ4n) is 3.16. The van der Waals surface area contributed by atoms with Crippen molar-refractivity contribution in [1.29, 1.82) is 0 Å². The summed E-state index contributed by atoms with van der Waals surface area (Å²) in [6.45, 7) is 9.18. The minimum atomic E-state index is -3.62. The lowest BCUT2D eigenvalue weighted by atomic mass is 10.1. The van der Waals surface area contributed by atoms with Crippen LogP contribution in [0.3, 0.4) is 0 Å². The third kappa shape index (κ3) is 4.55. The van der Waals surface area contributed by atoms with Gasteiger partial charge >= 0.3 is 0 Å². The number of hydrogen-bond donors (Lipinski definition) is 1. The third-order valence-electron chi connectivity index (χ3n) is 4.10. The molecule has 1 aromatic carbocycles. The molecule has 1 N–H and O–H groups in total. The molecule has 1 atom stereocenters. The smallest absolute Gasteiger partial charge is 0.241 e. The van der Waals surface area contributed by atoms with Gasteiger partial charge < -0.3 is 9.64 Å². The zero-order valence-corrected chi connectivity index (χ0v) is 15.6. The molecular formula is C17H26N2O4S. The van der Waals surface area contributed by atoms with Gasteiger partial charge in [-0.1, -0.05) is 17.7 Å². The van der Waals surface area contributed by atoms with Gasteiger partial charge in [0.1, 0.15) is 0 Å². The third-order valence-corrected chi connectivity index (χ3v) is 5.86. The van der Waals surface area contributed by atoms with Crippen molar-refractivity contribution < 1.29 is 17.9 Å². The molecule has 7 heteroatoms. The number of carbonyl (C=O) groups is 1. The summed E-state index contributed by atoms with van der Waals surface area (Å²) in [6, 6.07) is 3.70. The monoisotopic (exact) mass is 354 g/mol. The normalized spacial score (nSPS) is 18.7. The summed E-state index contributed by atoms with van der Waals surface area (Å²) in [6.07, 6.45) is 0.174. The van der Waals surface area contributed by atoms with Gasteiger partial charge in [-0.3, -0.25) is 4.79 Å². The highest BCUT2D eigenvalue weighted by Crippen LogP contribution is 2.21. The molecule has 0 aromatic heterocycles. The van der Waals surface area contributed by atoms with Crippen LogP contribution in [-0.4, -0.2) is 51.6 Å². The number of ether oxygens (including phenoxy) is 1. The first-order valence-corrected chi connectivity index (χ1v) is 9.66. The van der Waals surface area contributed by atoms with Crippen LogP contribution in [0.15, 0.2) is 17.0 Å². The van der Waals surface area contributed by atoms with E-state index in [0.29, 0.717) is 35.7 Å². The van der Waals surface area contributed by atoms with E-state index in [0.717, 1.165) is 5.56 Å². The van der Waals surface area contributed by atoms with Crippen LogP contribution in [0.5, 0.6) is 0 Å². The van der Waals surface area contributed by atoms with Crippen LogP contribution >= 0.6 is 0 Å². The second kappa shape index (κ2) is 7.63. The maximum absolute atomic E-state index is 12.5. The average molecular weight is 354 g/mol. The number of nitrogens with one attached hydrogen (secondary N) is 1. The molecule has 2 rings (SSSR count). The maximum Gasteiger partial charge on any atom is 0.241 e. The van der Waals surface area contributed by atoms with E-state index in [1.165, 1.54) is 0 Å². The molecule has 1 aliphatic rings. The molecule has 0 aliphatic carbocycles. The fourth-order valence-corrected chi connectivity index (χ4v) is 4.64. The Labute approximate surface area is 144 Å². The van der Waals surface area contributed by atoms with E-state index in [1.807, 2.05) is 26.0 Å². The second-order valence-corrected chi connectivity index (χ2v) is 8.10. The minimum absolute atomic E-state index is 0.0252. The van der Waals surface area contributed by atoms with Crippen molar-refractivity contribution in [2.75, 3.05) is 26.2 Å². The summed E-state index contributed by atoms with van der Waals surface area (Å²) in [4.78, 5) is 14.2. The molecule has 0 bridgehead atoms. The Hall–Kier alpha value is -1.44. The number of aryl methyl sites for hydroxylation is 3. The van der Waals surface area contributed by atoms with E-state index >= 15 is 0 Å². The van der Waals surface area contributed by atoms with E-state index in [-0.39, 0.29) is 25.0 Å². The molecule has 134 valence electrons.